The molecule has 1 aromatic carbocycles. The van der Waals surface area contributed by atoms with E-state index in [-0.39, 0.29) is 28.8 Å². The largest absolute Gasteiger partial charge is 0.356 e. The predicted octanol–water partition coefficient (Wildman–Crippen LogP) is 3.22. The van der Waals surface area contributed by atoms with E-state index in [1.807, 2.05) is 6.92 Å². The normalized spacial score (nSPS) is 18.0. The van der Waals surface area contributed by atoms with Crippen LogP contribution in [0.25, 0.3) is 12.2 Å². The highest BCUT2D eigenvalue weighted by Crippen LogP contribution is 2.29. The van der Waals surface area contributed by atoms with E-state index in [9.17, 15) is 17.6 Å². The molecule has 1 N–H and O–H groups in total. The molecule has 0 aliphatic carbocycles. The summed E-state index contributed by atoms with van der Waals surface area (Å²) in [6.07, 6.45) is 4.91. The van der Waals surface area contributed by atoms with Gasteiger partial charge in [0.15, 0.2) is 10.7 Å². The molecule has 0 saturated carbocycles. The van der Waals surface area contributed by atoms with Crippen LogP contribution in [0.3, 0.4) is 0 Å². The van der Waals surface area contributed by atoms with Gasteiger partial charge < -0.3 is 9.84 Å². The van der Waals surface area contributed by atoms with E-state index >= 15 is 0 Å². The lowest BCUT2D eigenvalue weighted by Gasteiger charge is -2.31. The fourth-order valence-corrected chi connectivity index (χ4v) is 5.24. The summed E-state index contributed by atoms with van der Waals surface area (Å²) in [5.41, 5.74) is 0.529. The first-order chi connectivity index (χ1) is 14.3. The monoisotopic (exact) mass is 435 g/mol. The second-order valence-corrected chi connectivity index (χ2v) is 9.18. The Kier molecular flexibility index (Phi) is 7.04. The predicted molar refractivity (Wildman–Crippen MR) is 111 cm³/mol. The van der Waals surface area contributed by atoms with Crippen LogP contribution in [0.5, 0.6) is 0 Å². The number of carbonyl (C=O) groups is 1. The van der Waals surface area contributed by atoms with Gasteiger partial charge in [-0.1, -0.05) is 30.3 Å². The van der Waals surface area contributed by atoms with Crippen LogP contribution in [-0.4, -0.2) is 43.4 Å². The Labute approximate surface area is 176 Å². The minimum absolute atomic E-state index is 0.0355. The zero-order valence-electron chi connectivity index (χ0n) is 17.1. The number of piperidine rings is 1. The second kappa shape index (κ2) is 9.53. The maximum Gasteiger partial charge on any atom is 0.248 e. The third-order valence-corrected chi connectivity index (χ3v) is 7.08. The number of rotatable bonds is 7. The van der Waals surface area contributed by atoms with Crippen LogP contribution in [0.1, 0.15) is 43.2 Å². The van der Waals surface area contributed by atoms with Gasteiger partial charge in [0.2, 0.25) is 15.9 Å². The third kappa shape index (κ3) is 4.79. The second-order valence-electron chi connectivity index (χ2n) is 7.31. The van der Waals surface area contributed by atoms with Crippen LogP contribution in [0.15, 0.2) is 33.7 Å². The summed E-state index contributed by atoms with van der Waals surface area (Å²) in [7, 11) is -3.93. The molecule has 1 saturated heterocycles. The molecular formula is C21H26FN3O4S. The topological polar surface area (TPSA) is 92.5 Å². The zero-order valence-corrected chi connectivity index (χ0v) is 17.9. The van der Waals surface area contributed by atoms with Crippen molar-refractivity contribution >= 4 is 28.1 Å². The van der Waals surface area contributed by atoms with Gasteiger partial charge in [-0.05, 0) is 44.4 Å². The number of aromatic nitrogens is 1. The Hall–Kier alpha value is -2.52. The Morgan fingerprint density at radius 1 is 1.37 bits per heavy atom. The highest BCUT2D eigenvalue weighted by Gasteiger charge is 2.36. The molecular weight excluding hydrogens is 409 g/mol. The average Bonchev–Trinajstić information content (AvgIpc) is 3.12. The summed E-state index contributed by atoms with van der Waals surface area (Å²) in [4.78, 5) is 12.3. The Balaban J connectivity index is 1.85. The van der Waals surface area contributed by atoms with Crippen molar-refractivity contribution in [3.63, 3.8) is 0 Å². The number of aryl methyl sites for hydroxylation is 1. The lowest BCUT2D eigenvalue weighted by molar-refractivity contribution is -0.126. The fraction of sp³-hybridized carbons (Fsp3) is 0.429. The zero-order chi connectivity index (χ0) is 21.7. The average molecular weight is 436 g/mol. The van der Waals surface area contributed by atoms with E-state index in [0.29, 0.717) is 31.5 Å². The van der Waals surface area contributed by atoms with Gasteiger partial charge in [-0.2, -0.15) is 4.31 Å². The number of nitrogens with one attached hydrogen (secondary N) is 1. The maximum atomic E-state index is 13.9. The molecule has 162 valence electrons. The summed E-state index contributed by atoms with van der Waals surface area (Å²) in [6, 6.07) is 6.15. The summed E-state index contributed by atoms with van der Waals surface area (Å²) >= 11 is 0. The minimum atomic E-state index is -3.93. The van der Waals surface area contributed by atoms with E-state index in [4.69, 9.17) is 4.52 Å². The number of hydrogen-bond donors (Lipinski definition) is 1. The van der Waals surface area contributed by atoms with Crippen molar-refractivity contribution in [3.05, 3.63) is 47.1 Å². The fourth-order valence-electron chi connectivity index (χ4n) is 3.47. The molecule has 1 aliphatic rings. The van der Waals surface area contributed by atoms with Gasteiger partial charge in [-0.15, -0.1) is 0 Å². The van der Waals surface area contributed by atoms with Gasteiger partial charge in [-0.3, -0.25) is 4.79 Å². The molecule has 1 atom stereocenters. The van der Waals surface area contributed by atoms with Crippen molar-refractivity contribution in [3.8, 4) is 0 Å². The smallest absolute Gasteiger partial charge is 0.248 e. The maximum absolute atomic E-state index is 13.9. The molecule has 9 heteroatoms. The molecule has 1 aromatic heterocycles. The number of sulfonamides is 1. The van der Waals surface area contributed by atoms with Gasteiger partial charge in [0.1, 0.15) is 11.5 Å². The Morgan fingerprint density at radius 3 is 2.87 bits per heavy atom. The van der Waals surface area contributed by atoms with E-state index in [2.05, 4.69) is 10.5 Å². The minimum Gasteiger partial charge on any atom is -0.356 e. The highest BCUT2D eigenvalue weighted by atomic mass is 32.2. The molecule has 1 unspecified atom stereocenters. The molecule has 0 bridgehead atoms. The first kappa shape index (κ1) is 22.2. The van der Waals surface area contributed by atoms with Crippen molar-refractivity contribution < 1.29 is 22.1 Å². The summed E-state index contributed by atoms with van der Waals surface area (Å²) < 4.78 is 47.1. The van der Waals surface area contributed by atoms with Gasteiger partial charge in [0, 0.05) is 25.2 Å². The van der Waals surface area contributed by atoms with Gasteiger partial charge >= 0.3 is 0 Å². The number of carbonyl (C=O) groups excluding carboxylic acids is 1. The molecule has 0 spiro atoms. The van der Waals surface area contributed by atoms with Gasteiger partial charge in [-0.25, -0.2) is 12.8 Å². The quantitative estimate of drug-likeness (QED) is 0.721. The number of benzene rings is 1. The molecule has 1 amide bonds. The molecule has 0 radical (unpaired) electrons. The highest BCUT2D eigenvalue weighted by molar-refractivity contribution is 7.89. The first-order valence-electron chi connectivity index (χ1n) is 10.0. The first-order valence-corrected chi connectivity index (χ1v) is 11.4. The van der Waals surface area contributed by atoms with Crippen molar-refractivity contribution in [1.29, 1.82) is 0 Å². The van der Waals surface area contributed by atoms with Crippen LogP contribution in [0.2, 0.25) is 0 Å². The van der Waals surface area contributed by atoms with Crippen LogP contribution in [0.4, 0.5) is 4.39 Å². The molecule has 2 aromatic rings. The van der Waals surface area contributed by atoms with E-state index in [1.54, 1.807) is 25.1 Å². The Morgan fingerprint density at radius 2 is 2.13 bits per heavy atom. The summed E-state index contributed by atoms with van der Waals surface area (Å²) in [6.45, 7) is 4.51. The van der Waals surface area contributed by atoms with Gasteiger partial charge in [0.25, 0.3) is 0 Å². The van der Waals surface area contributed by atoms with E-state index in [0.717, 1.165) is 6.42 Å². The Bertz CT molecular complexity index is 1030. The van der Waals surface area contributed by atoms with E-state index in [1.165, 1.54) is 22.5 Å². The van der Waals surface area contributed by atoms with Crippen LogP contribution in [-0.2, 0) is 14.8 Å². The lowest BCUT2D eigenvalue weighted by atomic mass is 9.99. The van der Waals surface area contributed by atoms with Crippen LogP contribution in [0, 0.1) is 18.7 Å². The van der Waals surface area contributed by atoms with E-state index < -0.39 is 21.8 Å². The molecule has 1 aliphatic heterocycles. The molecule has 3 rings (SSSR count). The van der Waals surface area contributed by atoms with Crippen molar-refractivity contribution in [2.75, 3.05) is 19.6 Å². The van der Waals surface area contributed by atoms with Crippen molar-refractivity contribution in [1.82, 2.24) is 14.8 Å². The number of halogens is 1. The molecule has 1 fully saturated rings. The number of amides is 1. The molecule has 2 heterocycles. The molecule has 30 heavy (non-hydrogen) atoms. The molecule has 7 nitrogen and oxygen atoms in total. The van der Waals surface area contributed by atoms with Crippen LogP contribution >= 0.6 is 0 Å². The number of nitrogens with zero attached hydrogens (tertiary/aromatic N) is 2. The van der Waals surface area contributed by atoms with Crippen molar-refractivity contribution in [2.45, 2.75) is 38.0 Å². The third-order valence-electron chi connectivity index (χ3n) is 5.05. The standard InChI is InChI=1S/C21H26FN3O4S/c1-3-12-23-21(26)17-8-6-13-25(14-17)30(27,28)20-15(2)24-29-19(20)11-10-16-7-4-5-9-18(16)22/h4-5,7,9-11,17H,3,6,8,12-14H2,1-2H3,(H,23,26). The summed E-state index contributed by atoms with van der Waals surface area (Å²) in [5, 5.41) is 6.64. The number of hydrogen-bond acceptors (Lipinski definition) is 5. The van der Waals surface area contributed by atoms with Gasteiger partial charge in [0.05, 0.1) is 5.92 Å². The van der Waals surface area contributed by atoms with Crippen molar-refractivity contribution in [2.24, 2.45) is 5.92 Å². The summed E-state index contributed by atoms with van der Waals surface area (Å²) in [5.74, 6) is -0.907. The SMILES string of the molecule is CCCNC(=O)C1CCCN(S(=O)(=O)c2c(C)noc2C=Cc2ccccc2F)C1. The van der Waals surface area contributed by atoms with Crippen LogP contribution < -0.4 is 5.32 Å². The lowest BCUT2D eigenvalue weighted by Crippen LogP contribution is -2.45.